The fraction of sp³-hybridized carbons (Fsp3) is 0.176. The predicted octanol–water partition coefficient (Wildman–Crippen LogP) is 3.06. The van der Waals surface area contributed by atoms with E-state index in [2.05, 4.69) is 5.32 Å². The van der Waals surface area contributed by atoms with Crippen molar-refractivity contribution in [3.63, 3.8) is 0 Å². The second kappa shape index (κ2) is 7.15. The third kappa shape index (κ3) is 4.47. The van der Waals surface area contributed by atoms with E-state index in [9.17, 15) is 14.7 Å². The highest BCUT2D eigenvalue weighted by molar-refractivity contribution is 6.30. The molecule has 120 valence electrons. The van der Waals surface area contributed by atoms with Crippen LogP contribution in [0.1, 0.15) is 15.9 Å². The van der Waals surface area contributed by atoms with Crippen LogP contribution in [0, 0.1) is 6.92 Å². The van der Waals surface area contributed by atoms with Crippen LogP contribution in [0.15, 0.2) is 42.5 Å². The fourth-order valence-electron chi connectivity index (χ4n) is 2.05. The number of carbonyl (C=O) groups is 2. The summed E-state index contributed by atoms with van der Waals surface area (Å²) in [6.07, 6.45) is 0. The van der Waals surface area contributed by atoms with Gasteiger partial charge in [-0.2, -0.15) is 0 Å². The molecule has 0 radical (unpaired) electrons. The maximum atomic E-state index is 12.3. The molecule has 0 fully saturated rings. The normalized spacial score (nSPS) is 10.2. The van der Waals surface area contributed by atoms with Gasteiger partial charge in [0.25, 0.3) is 5.91 Å². The second-order valence-electron chi connectivity index (χ2n) is 5.24. The molecule has 0 saturated carbocycles. The van der Waals surface area contributed by atoms with Crippen LogP contribution in [-0.2, 0) is 4.79 Å². The lowest BCUT2D eigenvalue weighted by Crippen LogP contribution is -2.35. The lowest BCUT2D eigenvalue weighted by atomic mass is 10.1. The van der Waals surface area contributed by atoms with E-state index in [4.69, 9.17) is 11.6 Å². The smallest absolute Gasteiger partial charge is 0.257 e. The lowest BCUT2D eigenvalue weighted by molar-refractivity contribution is -0.116. The molecule has 0 atom stereocenters. The number of benzene rings is 2. The molecule has 0 aliphatic rings. The van der Waals surface area contributed by atoms with E-state index in [-0.39, 0.29) is 23.8 Å². The molecule has 6 heteroatoms. The molecule has 2 aromatic carbocycles. The zero-order valence-corrected chi connectivity index (χ0v) is 13.6. The van der Waals surface area contributed by atoms with E-state index in [1.165, 1.54) is 18.0 Å². The maximum Gasteiger partial charge on any atom is 0.257 e. The van der Waals surface area contributed by atoms with Gasteiger partial charge in [0.05, 0.1) is 12.1 Å². The molecule has 0 saturated heterocycles. The molecule has 0 heterocycles. The van der Waals surface area contributed by atoms with Gasteiger partial charge in [0.15, 0.2) is 0 Å². The number of phenols is 1. The maximum absolute atomic E-state index is 12.3. The third-order valence-corrected chi connectivity index (χ3v) is 3.49. The number of aryl methyl sites for hydroxylation is 1. The molecule has 0 spiro atoms. The SMILES string of the molecule is Cc1ccc(O)c(C(=O)N(C)CC(=O)Nc2ccc(Cl)cc2)c1. The van der Waals surface area contributed by atoms with Crippen molar-refractivity contribution in [3.8, 4) is 5.75 Å². The summed E-state index contributed by atoms with van der Waals surface area (Å²) < 4.78 is 0. The standard InChI is InChI=1S/C17H17ClN2O3/c1-11-3-8-15(21)14(9-11)17(23)20(2)10-16(22)19-13-6-4-12(18)5-7-13/h3-9,21H,10H2,1-2H3,(H,19,22). The van der Waals surface area contributed by atoms with Crippen LogP contribution < -0.4 is 5.32 Å². The first-order chi connectivity index (χ1) is 10.9. The van der Waals surface area contributed by atoms with Crippen molar-refractivity contribution in [2.24, 2.45) is 0 Å². The van der Waals surface area contributed by atoms with Gasteiger partial charge in [-0.05, 0) is 43.3 Å². The van der Waals surface area contributed by atoms with Crippen LogP contribution in [-0.4, -0.2) is 35.4 Å². The first kappa shape index (κ1) is 16.8. The highest BCUT2D eigenvalue weighted by Crippen LogP contribution is 2.19. The summed E-state index contributed by atoms with van der Waals surface area (Å²) in [5.41, 5.74) is 1.62. The largest absolute Gasteiger partial charge is 0.507 e. The topological polar surface area (TPSA) is 69.6 Å². The Kier molecular flexibility index (Phi) is 5.24. The van der Waals surface area contributed by atoms with Gasteiger partial charge in [0, 0.05) is 17.8 Å². The lowest BCUT2D eigenvalue weighted by Gasteiger charge is -2.17. The molecule has 2 N–H and O–H groups in total. The van der Waals surface area contributed by atoms with E-state index in [1.54, 1.807) is 36.4 Å². The summed E-state index contributed by atoms with van der Waals surface area (Å²) in [6, 6.07) is 11.4. The van der Waals surface area contributed by atoms with E-state index >= 15 is 0 Å². The van der Waals surface area contributed by atoms with Crippen LogP contribution in [0.5, 0.6) is 5.75 Å². The van der Waals surface area contributed by atoms with E-state index in [0.29, 0.717) is 10.7 Å². The molecular formula is C17H17ClN2O3. The number of rotatable bonds is 4. The fourth-order valence-corrected chi connectivity index (χ4v) is 2.17. The van der Waals surface area contributed by atoms with Gasteiger partial charge in [-0.25, -0.2) is 0 Å². The van der Waals surface area contributed by atoms with Crippen molar-refractivity contribution < 1.29 is 14.7 Å². The van der Waals surface area contributed by atoms with Gasteiger partial charge in [-0.3, -0.25) is 9.59 Å². The zero-order valence-electron chi connectivity index (χ0n) is 12.8. The Hall–Kier alpha value is -2.53. The Morgan fingerprint density at radius 3 is 2.48 bits per heavy atom. The van der Waals surface area contributed by atoms with Crippen molar-refractivity contribution >= 4 is 29.1 Å². The van der Waals surface area contributed by atoms with Gasteiger partial charge >= 0.3 is 0 Å². The van der Waals surface area contributed by atoms with E-state index in [1.807, 2.05) is 6.92 Å². The number of likely N-dealkylation sites (N-methyl/N-ethyl adjacent to an activating group) is 1. The average Bonchev–Trinajstić information content (AvgIpc) is 2.51. The predicted molar refractivity (Wildman–Crippen MR) is 89.9 cm³/mol. The second-order valence-corrected chi connectivity index (χ2v) is 5.67. The van der Waals surface area contributed by atoms with Gasteiger partial charge < -0.3 is 15.3 Å². The van der Waals surface area contributed by atoms with E-state index in [0.717, 1.165) is 5.56 Å². The monoisotopic (exact) mass is 332 g/mol. The minimum atomic E-state index is -0.419. The first-order valence-corrected chi connectivity index (χ1v) is 7.35. The van der Waals surface area contributed by atoms with Crippen molar-refractivity contribution in [2.75, 3.05) is 18.9 Å². The quantitative estimate of drug-likeness (QED) is 0.904. The molecule has 5 nitrogen and oxygen atoms in total. The number of hydrogen-bond acceptors (Lipinski definition) is 3. The number of halogens is 1. The Morgan fingerprint density at radius 1 is 1.17 bits per heavy atom. The Morgan fingerprint density at radius 2 is 1.83 bits per heavy atom. The number of amides is 2. The van der Waals surface area contributed by atoms with Gasteiger partial charge in [0.2, 0.25) is 5.91 Å². The number of nitrogens with zero attached hydrogens (tertiary/aromatic N) is 1. The Labute approximate surface area is 139 Å². The van der Waals surface area contributed by atoms with Crippen molar-refractivity contribution in [1.29, 1.82) is 0 Å². The summed E-state index contributed by atoms with van der Waals surface area (Å²) in [7, 11) is 1.51. The number of nitrogens with one attached hydrogen (secondary N) is 1. The number of carbonyl (C=O) groups excluding carboxylic acids is 2. The minimum Gasteiger partial charge on any atom is -0.507 e. The number of aromatic hydroxyl groups is 1. The summed E-state index contributed by atoms with van der Waals surface area (Å²) >= 11 is 5.78. The van der Waals surface area contributed by atoms with Crippen LogP contribution >= 0.6 is 11.6 Å². The summed E-state index contributed by atoms with van der Waals surface area (Å²) in [5.74, 6) is -0.863. The number of phenolic OH excluding ortho intramolecular Hbond substituents is 1. The Balaban J connectivity index is 2.01. The molecule has 2 amide bonds. The minimum absolute atomic E-state index is 0.106. The first-order valence-electron chi connectivity index (χ1n) is 6.97. The van der Waals surface area contributed by atoms with Crippen LogP contribution in [0.3, 0.4) is 0 Å². The highest BCUT2D eigenvalue weighted by atomic mass is 35.5. The molecule has 2 aromatic rings. The molecule has 0 aliphatic carbocycles. The highest BCUT2D eigenvalue weighted by Gasteiger charge is 2.18. The van der Waals surface area contributed by atoms with Crippen LogP contribution in [0.2, 0.25) is 5.02 Å². The van der Waals surface area contributed by atoms with Crippen molar-refractivity contribution in [1.82, 2.24) is 4.90 Å². The summed E-state index contributed by atoms with van der Waals surface area (Å²) in [5, 5.41) is 13.0. The summed E-state index contributed by atoms with van der Waals surface area (Å²) in [6.45, 7) is 1.69. The molecule has 23 heavy (non-hydrogen) atoms. The van der Waals surface area contributed by atoms with Crippen LogP contribution in [0.25, 0.3) is 0 Å². The van der Waals surface area contributed by atoms with Gasteiger partial charge in [-0.15, -0.1) is 0 Å². The van der Waals surface area contributed by atoms with Crippen LogP contribution in [0.4, 0.5) is 5.69 Å². The van der Waals surface area contributed by atoms with Gasteiger partial charge in [-0.1, -0.05) is 23.2 Å². The number of hydrogen-bond donors (Lipinski definition) is 2. The van der Waals surface area contributed by atoms with Gasteiger partial charge in [0.1, 0.15) is 5.75 Å². The molecule has 0 unspecified atom stereocenters. The summed E-state index contributed by atoms with van der Waals surface area (Å²) in [4.78, 5) is 25.6. The number of anilines is 1. The third-order valence-electron chi connectivity index (χ3n) is 3.24. The molecule has 2 rings (SSSR count). The molecule has 0 bridgehead atoms. The molecule has 0 aliphatic heterocycles. The Bertz CT molecular complexity index is 729. The van der Waals surface area contributed by atoms with Crippen molar-refractivity contribution in [3.05, 3.63) is 58.6 Å². The molecular weight excluding hydrogens is 316 g/mol. The molecule has 0 aromatic heterocycles. The van der Waals surface area contributed by atoms with E-state index < -0.39 is 5.91 Å². The van der Waals surface area contributed by atoms with Crippen molar-refractivity contribution in [2.45, 2.75) is 6.92 Å². The zero-order chi connectivity index (χ0) is 17.0. The average molecular weight is 333 g/mol.